The summed E-state index contributed by atoms with van der Waals surface area (Å²) < 4.78 is 0. The van der Waals surface area contributed by atoms with Crippen LogP contribution in [0, 0.1) is 5.92 Å². The molecule has 0 aliphatic heterocycles. The first-order valence-corrected chi connectivity index (χ1v) is 4.51. The average molecular weight is 173 g/mol. The molecule has 0 saturated carbocycles. The van der Waals surface area contributed by atoms with Gasteiger partial charge in [-0.3, -0.25) is 4.79 Å². The Labute approximate surface area is 74.0 Å². The number of aliphatic carboxylic acids is 1. The second-order valence-electron chi connectivity index (χ2n) is 3.55. The highest BCUT2D eigenvalue weighted by Gasteiger charge is 2.06. The van der Waals surface area contributed by atoms with E-state index in [4.69, 9.17) is 10.8 Å². The number of nitrogens with two attached hydrogens (primary N) is 1. The Morgan fingerprint density at radius 1 is 1.42 bits per heavy atom. The third kappa shape index (κ3) is 6.16. The van der Waals surface area contributed by atoms with Crippen molar-refractivity contribution < 1.29 is 9.90 Å². The van der Waals surface area contributed by atoms with E-state index in [0.29, 0.717) is 5.92 Å². The van der Waals surface area contributed by atoms with Crippen LogP contribution in [0.2, 0.25) is 0 Å². The summed E-state index contributed by atoms with van der Waals surface area (Å²) in [6, 6.07) is 0.221. The van der Waals surface area contributed by atoms with Gasteiger partial charge in [0, 0.05) is 12.5 Å². The van der Waals surface area contributed by atoms with Crippen LogP contribution < -0.4 is 5.73 Å². The molecule has 0 saturated heterocycles. The number of hydrogen-bond donors (Lipinski definition) is 2. The van der Waals surface area contributed by atoms with Crippen LogP contribution in [0.3, 0.4) is 0 Å². The lowest BCUT2D eigenvalue weighted by Gasteiger charge is -2.14. The van der Waals surface area contributed by atoms with Gasteiger partial charge < -0.3 is 10.8 Å². The van der Waals surface area contributed by atoms with E-state index in [1.165, 1.54) is 0 Å². The van der Waals surface area contributed by atoms with E-state index in [2.05, 4.69) is 13.8 Å². The largest absolute Gasteiger partial charge is 0.481 e. The molecule has 0 radical (unpaired) electrons. The van der Waals surface area contributed by atoms with Crippen molar-refractivity contribution in [2.75, 3.05) is 0 Å². The number of carbonyl (C=O) groups is 1. The molecular formula is C9H19NO2. The molecule has 0 aromatic heterocycles. The van der Waals surface area contributed by atoms with Gasteiger partial charge in [0.2, 0.25) is 0 Å². The Morgan fingerprint density at radius 3 is 2.42 bits per heavy atom. The smallest absolute Gasteiger partial charge is 0.303 e. The summed E-state index contributed by atoms with van der Waals surface area (Å²) in [6.45, 7) is 4.17. The van der Waals surface area contributed by atoms with E-state index in [9.17, 15) is 4.79 Å². The third-order valence-electron chi connectivity index (χ3n) is 2.03. The summed E-state index contributed by atoms with van der Waals surface area (Å²) >= 11 is 0. The van der Waals surface area contributed by atoms with Crippen LogP contribution in [0.15, 0.2) is 0 Å². The fourth-order valence-corrected chi connectivity index (χ4v) is 0.990. The van der Waals surface area contributed by atoms with E-state index in [1.54, 1.807) is 0 Å². The van der Waals surface area contributed by atoms with Crippen LogP contribution in [0.5, 0.6) is 0 Å². The molecule has 72 valence electrons. The molecule has 0 aliphatic rings. The van der Waals surface area contributed by atoms with Crippen LogP contribution in [0.4, 0.5) is 0 Å². The fourth-order valence-electron chi connectivity index (χ4n) is 0.990. The highest BCUT2D eigenvalue weighted by molar-refractivity contribution is 5.66. The second kappa shape index (κ2) is 6.00. The van der Waals surface area contributed by atoms with Crippen molar-refractivity contribution in [3.05, 3.63) is 0 Å². The minimum atomic E-state index is -0.715. The van der Waals surface area contributed by atoms with Crippen LogP contribution in [0.25, 0.3) is 0 Å². The Morgan fingerprint density at radius 2 is 2.00 bits per heavy atom. The maximum atomic E-state index is 10.1. The van der Waals surface area contributed by atoms with Crippen molar-refractivity contribution in [2.45, 2.75) is 45.6 Å². The number of carboxylic acid groups (broad SMARTS) is 1. The van der Waals surface area contributed by atoms with Crippen LogP contribution >= 0.6 is 0 Å². The fraction of sp³-hybridized carbons (Fsp3) is 0.889. The van der Waals surface area contributed by atoms with Gasteiger partial charge in [0.15, 0.2) is 0 Å². The summed E-state index contributed by atoms with van der Waals surface area (Å²) in [5, 5.41) is 8.36. The molecule has 0 aromatic carbocycles. The zero-order chi connectivity index (χ0) is 9.56. The van der Waals surface area contributed by atoms with E-state index in [1.807, 2.05) is 0 Å². The standard InChI is InChI=1S/C9H19NO2/c1-7(2)8(10)5-3-4-6-9(11)12/h7-8H,3-6,10H2,1-2H3,(H,11,12). The topological polar surface area (TPSA) is 63.3 Å². The molecule has 0 spiro atoms. The zero-order valence-electron chi connectivity index (χ0n) is 7.92. The molecule has 0 aromatic rings. The zero-order valence-corrected chi connectivity index (χ0v) is 7.92. The normalized spacial score (nSPS) is 13.3. The van der Waals surface area contributed by atoms with Crippen molar-refractivity contribution in [2.24, 2.45) is 11.7 Å². The molecule has 3 nitrogen and oxygen atoms in total. The molecule has 12 heavy (non-hydrogen) atoms. The van der Waals surface area contributed by atoms with Crippen molar-refractivity contribution in [1.82, 2.24) is 0 Å². The highest BCUT2D eigenvalue weighted by Crippen LogP contribution is 2.08. The van der Waals surface area contributed by atoms with Crippen molar-refractivity contribution >= 4 is 5.97 Å². The Kier molecular flexibility index (Phi) is 5.72. The van der Waals surface area contributed by atoms with Gasteiger partial charge >= 0.3 is 5.97 Å². The Bertz CT molecular complexity index is 134. The quantitative estimate of drug-likeness (QED) is 0.600. The summed E-state index contributed by atoms with van der Waals surface area (Å²) in [7, 11) is 0. The molecule has 0 amide bonds. The molecule has 0 aliphatic carbocycles. The maximum Gasteiger partial charge on any atom is 0.303 e. The van der Waals surface area contributed by atoms with Gasteiger partial charge in [0.25, 0.3) is 0 Å². The van der Waals surface area contributed by atoms with Gasteiger partial charge in [0.1, 0.15) is 0 Å². The predicted octanol–water partition coefficient (Wildman–Crippen LogP) is 1.61. The van der Waals surface area contributed by atoms with Crippen LogP contribution in [-0.2, 0) is 4.79 Å². The molecule has 1 atom stereocenters. The molecule has 0 fully saturated rings. The first-order chi connectivity index (χ1) is 5.54. The summed E-state index contributed by atoms with van der Waals surface area (Å²) in [6.07, 6.45) is 2.87. The van der Waals surface area contributed by atoms with Gasteiger partial charge in [-0.2, -0.15) is 0 Å². The number of carboxylic acids is 1. The molecule has 3 N–H and O–H groups in total. The molecule has 0 bridgehead atoms. The van der Waals surface area contributed by atoms with Gasteiger partial charge in [-0.05, 0) is 18.8 Å². The monoisotopic (exact) mass is 173 g/mol. The molecule has 0 rings (SSSR count). The first-order valence-electron chi connectivity index (χ1n) is 4.51. The number of unbranched alkanes of at least 4 members (excludes halogenated alkanes) is 1. The first kappa shape index (κ1) is 11.4. The van der Waals surface area contributed by atoms with Crippen molar-refractivity contribution in [3.63, 3.8) is 0 Å². The third-order valence-corrected chi connectivity index (χ3v) is 2.03. The van der Waals surface area contributed by atoms with E-state index < -0.39 is 5.97 Å². The number of rotatable bonds is 6. The highest BCUT2D eigenvalue weighted by atomic mass is 16.4. The van der Waals surface area contributed by atoms with Crippen LogP contribution in [-0.4, -0.2) is 17.1 Å². The summed E-state index contributed by atoms with van der Waals surface area (Å²) in [5.41, 5.74) is 5.79. The van der Waals surface area contributed by atoms with Crippen molar-refractivity contribution in [1.29, 1.82) is 0 Å². The molecule has 1 unspecified atom stereocenters. The van der Waals surface area contributed by atoms with Gasteiger partial charge in [-0.15, -0.1) is 0 Å². The minimum Gasteiger partial charge on any atom is -0.481 e. The van der Waals surface area contributed by atoms with Gasteiger partial charge in [-0.25, -0.2) is 0 Å². The van der Waals surface area contributed by atoms with Gasteiger partial charge in [0.05, 0.1) is 0 Å². The minimum absolute atomic E-state index is 0.221. The van der Waals surface area contributed by atoms with Crippen molar-refractivity contribution in [3.8, 4) is 0 Å². The maximum absolute atomic E-state index is 10.1. The van der Waals surface area contributed by atoms with E-state index in [0.717, 1.165) is 19.3 Å². The molecule has 0 heterocycles. The van der Waals surface area contributed by atoms with Gasteiger partial charge in [-0.1, -0.05) is 20.3 Å². The van der Waals surface area contributed by atoms with Crippen LogP contribution in [0.1, 0.15) is 39.5 Å². The average Bonchev–Trinajstić information content (AvgIpc) is 1.97. The number of hydrogen-bond acceptors (Lipinski definition) is 2. The Balaban J connectivity index is 3.25. The lowest BCUT2D eigenvalue weighted by atomic mass is 9.99. The summed E-state index contributed by atoms with van der Waals surface area (Å²) in [5.74, 6) is -0.219. The lowest BCUT2D eigenvalue weighted by Crippen LogP contribution is -2.25. The Hall–Kier alpha value is -0.570. The van der Waals surface area contributed by atoms with E-state index in [-0.39, 0.29) is 12.5 Å². The molecular weight excluding hydrogens is 154 g/mol. The second-order valence-corrected chi connectivity index (χ2v) is 3.55. The lowest BCUT2D eigenvalue weighted by molar-refractivity contribution is -0.137. The summed E-state index contributed by atoms with van der Waals surface area (Å²) in [4.78, 5) is 10.1. The predicted molar refractivity (Wildman–Crippen MR) is 48.9 cm³/mol. The molecule has 3 heteroatoms. The SMILES string of the molecule is CC(C)C(N)CCCCC(=O)O. The van der Waals surface area contributed by atoms with E-state index >= 15 is 0 Å².